The minimum absolute atomic E-state index is 0.0489. The van der Waals surface area contributed by atoms with Gasteiger partial charge >= 0.3 is 24.3 Å². The number of fused-ring (bicyclic) bond motifs is 1. The number of ether oxygens (including phenoxy) is 2. The molecule has 6 rings (SSSR count). The normalized spacial score (nSPS) is 21.2. The van der Waals surface area contributed by atoms with Crippen LogP contribution in [0, 0.1) is 5.92 Å². The summed E-state index contributed by atoms with van der Waals surface area (Å²) in [6, 6.07) is 9.58. The molecule has 12 nitrogen and oxygen atoms in total. The molecule has 2 aromatic carbocycles. The minimum atomic E-state index is -4.79. The highest BCUT2D eigenvalue weighted by Crippen LogP contribution is 2.38. The van der Waals surface area contributed by atoms with Gasteiger partial charge in [-0.25, -0.2) is 9.59 Å². The molecule has 16 heteroatoms. The van der Waals surface area contributed by atoms with Gasteiger partial charge in [0.25, 0.3) is 5.91 Å². The van der Waals surface area contributed by atoms with Crippen LogP contribution in [0.4, 0.5) is 34.1 Å². The molecule has 54 heavy (non-hydrogen) atoms. The number of nitrogens with two attached hydrogens (primary N) is 1. The summed E-state index contributed by atoms with van der Waals surface area (Å²) in [6.45, 7) is 5.29. The Morgan fingerprint density at radius 2 is 1.65 bits per heavy atom. The SMILES string of the molecule is CCOC(=O)[C@H]1CCCN(C2CCN(C(=O)[C@@H](Cc3cc(Cl)c(N)c(C(F)(F)F)c3)OC(=O)N3CCC(N4CCc5ccccc5NC4=O)CC3)CC2)C1. The van der Waals surface area contributed by atoms with Crippen molar-refractivity contribution in [1.82, 2.24) is 19.6 Å². The third-order valence-corrected chi connectivity index (χ3v) is 11.4. The molecule has 0 bridgehead atoms. The van der Waals surface area contributed by atoms with Crippen molar-refractivity contribution >= 4 is 47.0 Å². The fourth-order valence-electron chi connectivity index (χ4n) is 8.16. The molecule has 4 aliphatic heterocycles. The van der Waals surface area contributed by atoms with E-state index in [9.17, 15) is 32.3 Å². The van der Waals surface area contributed by atoms with Crippen LogP contribution in [-0.2, 0) is 38.1 Å². The van der Waals surface area contributed by atoms with Crippen LogP contribution in [0.2, 0.25) is 5.02 Å². The average molecular weight is 777 g/mol. The van der Waals surface area contributed by atoms with Gasteiger partial charge in [-0.2, -0.15) is 13.2 Å². The monoisotopic (exact) mass is 776 g/mol. The number of hydrogen-bond acceptors (Lipinski definition) is 8. The quantitative estimate of drug-likeness (QED) is 0.253. The Labute approximate surface area is 318 Å². The first-order chi connectivity index (χ1) is 25.8. The van der Waals surface area contributed by atoms with Crippen molar-refractivity contribution in [3.63, 3.8) is 0 Å². The second kappa shape index (κ2) is 17.1. The van der Waals surface area contributed by atoms with Crippen LogP contribution in [0.15, 0.2) is 36.4 Å². The van der Waals surface area contributed by atoms with Crippen molar-refractivity contribution < 1.29 is 41.8 Å². The Morgan fingerprint density at radius 1 is 0.963 bits per heavy atom. The number of halogens is 4. The number of anilines is 2. The summed E-state index contributed by atoms with van der Waals surface area (Å²) in [5.74, 6) is -0.903. The molecular formula is C38H48ClF3N6O6. The van der Waals surface area contributed by atoms with E-state index in [4.69, 9.17) is 26.8 Å². The van der Waals surface area contributed by atoms with Gasteiger partial charge in [0.1, 0.15) is 0 Å². The number of benzene rings is 2. The fourth-order valence-corrected chi connectivity index (χ4v) is 8.40. The van der Waals surface area contributed by atoms with E-state index in [1.165, 1.54) is 11.0 Å². The average Bonchev–Trinajstić information content (AvgIpc) is 3.33. The molecule has 2 atom stereocenters. The predicted molar refractivity (Wildman–Crippen MR) is 196 cm³/mol. The zero-order valence-corrected chi connectivity index (χ0v) is 31.2. The highest BCUT2D eigenvalue weighted by Gasteiger charge is 2.39. The smallest absolute Gasteiger partial charge is 0.418 e. The van der Waals surface area contributed by atoms with E-state index in [1.807, 2.05) is 24.3 Å². The van der Waals surface area contributed by atoms with E-state index >= 15 is 0 Å². The van der Waals surface area contributed by atoms with Gasteiger partial charge in [-0.05, 0) is 87.7 Å². The summed E-state index contributed by atoms with van der Waals surface area (Å²) in [5, 5.41) is 2.66. The van der Waals surface area contributed by atoms with Crippen LogP contribution in [-0.4, -0.2) is 114 Å². The van der Waals surface area contributed by atoms with E-state index in [1.54, 1.807) is 16.7 Å². The Morgan fingerprint density at radius 3 is 2.35 bits per heavy atom. The van der Waals surface area contributed by atoms with E-state index in [2.05, 4.69) is 10.2 Å². The number of likely N-dealkylation sites (tertiary alicyclic amines) is 3. The number of rotatable bonds is 8. The number of para-hydroxylation sites is 1. The summed E-state index contributed by atoms with van der Waals surface area (Å²) < 4.78 is 52.7. The lowest BCUT2D eigenvalue weighted by Gasteiger charge is -2.42. The predicted octanol–water partition coefficient (Wildman–Crippen LogP) is 5.81. The van der Waals surface area contributed by atoms with E-state index in [-0.39, 0.29) is 60.1 Å². The first-order valence-corrected chi connectivity index (χ1v) is 19.2. The number of alkyl halides is 3. The standard InChI is InChI=1S/C38H48ClF3N6O6/c1-2-53-35(50)26-7-5-14-47(23-26)27-10-15-45(16-11-27)34(49)32(22-24-20-29(38(40,41)42)33(43)30(39)21-24)54-37(52)46-17-12-28(13-18-46)48-19-9-25-6-3-4-8-31(25)44-36(48)51/h3-4,6,8,20-21,26-28,32H,2,5,7,9-19,22-23,43H2,1H3,(H,44,51)/t26-,32+/m0/s1. The molecule has 2 aromatic rings. The Balaban J connectivity index is 1.11. The zero-order chi connectivity index (χ0) is 38.6. The van der Waals surface area contributed by atoms with Gasteiger partial charge in [0.2, 0.25) is 0 Å². The number of nitrogen functional groups attached to an aromatic ring is 1. The second-order valence-corrected chi connectivity index (χ2v) is 14.9. The maximum atomic E-state index is 14.1. The van der Waals surface area contributed by atoms with E-state index < -0.39 is 35.5 Å². The van der Waals surface area contributed by atoms with Gasteiger partial charge in [-0.15, -0.1) is 0 Å². The lowest BCUT2D eigenvalue weighted by atomic mass is 9.93. The van der Waals surface area contributed by atoms with Crippen LogP contribution in [0.1, 0.15) is 62.1 Å². The molecule has 0 spiro atoms. The van der Waals surface area contributed by atoms with Gasteiger partial charge in [0.05, 0.1) is 28.8 Å². The van der Waals surface area contributed by atoms with E-state index in [0.717, 1.165) is 36.7 Å². The van der Waals surface area contributed by atoms with Crippen molar-refractivity contribution in [3.05, 3.63) is 58.1 Å². The third kappa shape index (κ3) is 9.16. The van der Waals surface area contributed by atoms with Crippen LogP contribution in [0.25, 0.3) is 0 Å². The van der Waals surface area contributed by atoms with Crippen molar-refractivity contribution in [1.29, 1.82) is 0 Å². The molecule has 3 fully saturated rings. The largest absolute Gasteiger partial charge is 0.466 e. The summed E-state index contributed by atoms with van der Waals surface area (Å²) in [6.07, 6.45) is -2.78. The number of piperidine rings is 3. The van der Waals surface area contributed by atoms with Crippen molar-refractivity contribution in [3.8, 4) is 0 Å². The number of amides is 4. The Bertz CT molecular complexity index is 1700. The van der Waals surface area contributed by atoms with Crippen molar-refractivity contribution in [2.75, 3.05) is 63.5 Å². The van der Waals surface area contributed by atoms with Crippen molar-refractivity contribution in [2.24, 2.45) is 5.92 Å². The Kier molecular flexibility index (Phi) is 12.5. The number of nitrogens with zero attached hydrogens (tertiary/aromatic N) is 4. The number of esters is 1. The molecule has 3 N–H and O–H groups in total. The van der Waals surface area contributed by atoms with Crippen LogP contribution < -0.4 is 11.1 Å². The van der Waals surface area contributed by atoms with Gasteiger partial charge in [-0.1, -0.05) is 29.8 Å². The number of urea groups is 1. The molecule has 0 aliphatic carbocycles. The summed E-state index contributed by atoms with van der Waals surface area (Å²) >= 11 is 6.12. The molecule has 0 saturated carbocycles. The molecule has 4 aliphatic rings. The Hall–Kier alpha value is -4.24. The first kappa shape index (κ1) is 39.5. The first-order valence-electron chi connectivity index (χ1n) is 18.8. The van der Waals surface area contributed by atoms with Crippen LogP contribution in [0.5, 0.6) is 0 Å². The molecule has 3 saturated heterocycles. The molecule has 294 valence electrons. The van der Waals surface area contributed by atoms with Crippen molar-refractivity contribution in [2.45, 2.75) is 82.7 Å². The van der Waals surface area contributed by atoms with Gasteiger partial charge in [-0.3, -0.25) is 14.5 Å². The summed E-state index contributed by atoms with van der Waals surface area (Å²) in [4.78, 5) is 60.4. The zero-order valence-electron chi connectivity index (χ0n) is 30.4. The number of carbonyl (C=O) groups is 4. The number of carbonyl (C=O) groups excluding carboxylic acids is 4. The number of hydrogen-bond donors (Lipinski definition) is 2. The molecule has 4 amide bonds. The lowest BCUT2D eigenvalue weighted by Crippen LogP contribution is -2.53. The van der Waals surface area contributed by atoms with Crippen LogP contribution >= 0.6 is 11.6 Å². The highest BCUT2D eigenvalue weighted by atomic mass is 35.5. The summed E-state index contributed by atoms with van der Waals surface area (Å²) in [7, 11) is 0. The third-order valence-electron chi connectivity index (χ3n) is 11.1. The highest BCUT2D eigenvalue weighted by molar-refractivity contribution is 6.33. The fraction of sp³-hybridized carbons (Fsp3) is 0.579. The molecule has 0 aromatic heterocycles. The number of nitrogens with one attached hydrogen (secondary N) is 1. The molecule has 4 heterocycles. The topological polar surface area (TPSA) is 138 Å². The summed E-state index contributed by atoms with van der Waals surface area (Å²) in [5.41, 5.74) is 5.79. The molecule has 0 radical (unpaired) electrons. The molecular weight excluding hydrogens is 729 g/mol. The minimum Gasteiger partial charge on any atom is -0.466 e. The maximum absolute atomic E-state index is 14.1. The van der Waals surface area contributed by atoms with Gasteiger partial charge in [0.15, 0.2) is 6.10 Å². The molecule has 0 unspecified atom stereocenters. The van der Waals surface area contributed by atoms with Crippen LogP contribution in [0.3, 0.4) is 0 Å². The van der Waals surface area contributed by atoms with E-state index in [0.29, 0.717) is 64.9 Å². The lowest BCUT2D eigenvalue weighted by molar-refractivity contribution is -0.150. The van der Waals surface area contributed by atoms with Gasteiger partial charge in [0, 0.05) is 63.5 Å². The van der Waals surface area contributed by atoms with Gasteiger partial charge < -0.3 is 35.2 Å². The second-order valence-electron chi connectivity index (χ2n) is 14.5. The maximum Gasteiger partial charge on any atom is 0.418 e.